The Morgan fingerprint density at radius 3 is 2.34 bits per heavy atom. The summed E-state index contributed by atoms with van der Waals surface area (Å²) in [5, 5.41) is 4.62. The third-order valence-corrected chi connectivity index (χ3v) is 6.04. The Bertz CT molecular complexity index is 1010. The SMILES string of the molecule is CCC1(CC)CN(c2ccc(-n3ncc4cc(F)c(OCOC)c(F)c43)cc2)C1. The number of ether oxygens (including phenoxy) is 2. The van der Waals surface area contributed by atoms with Crippen LogP contribution < -0.4 is 9.64 Å². The molecule has 7 heteroatoms. The molecule has 4 rings (SSSR count). The predicted octanol–water partition coefficient (Wildman–Crippen LogP) is 4.91. The molecule has 1 aliphatic rings. The van der Waals surface area contributed by atoms with Crippen LogP contribution in [0.2, 0.25) is 0 Å². The summed E-state index contributed by atoms with van der Waals surface area (Å²) in [7, 11) is 1.39. The van der Waals surface area contributed by atoms with Crippen molar-refractivity contribution in [3.8, 4) is 11.4 Å². The molecule has 1 aromatic heterocycles. The lowest BCUT2D eigenvalue weighted by atomic mass is 9.75. The van der Waals surface area contributed by atoms with Gasteiger partial charge >= 0.3 is 0 Å². The number of fused-ring (bicyclic) bond motifs is 1. The predicted molar refractivity (Wildman–Crippen MR) is 109 cm³/mol. The molecule has 0 N–H and O–H groups in total. The molecular weight excluding hydrogens is 376 g/mol. The van der Waals surface area contributed by atoms with Crippen LogP contribution in [-0.4, -0.2) is 36.8 Å². The molecule has 0 bridgehead atoms. The van der Waals surface area contributed by atoms with Crippen molar-refractivity contribution in [2.45, 2.75) is 26.7 Å². The summed E-state index contributed by atoms with van der Waals surface area (Å²) < 4.78 is 40.4. The second-order valence-corrected chi connectivity index (χ2v) is 7.63. The van der Waals surface area contributed by atoms with Gasteiger partial charge in [-0.3, -0.25) is 0 Å². The van der Waals surface area contributed by atoms with Gasteiger partial charge in [-0.25, -0.2) is 13.5 Å². The van der Waals surface area contributed by atoms with Gasteiger partial charge in [0.2, 0.25) is 0 Å². The van der Waals surface area contributed by atoms with Gasteiger partial charge in [-0.2, -0.15) is 5.10 Å². The quantitative estimate of drug-likeness (QED) is 0.527. The Morgan fingerprint density at radius 1 is 1.07 bits per heavy atom. The molecule has 154 valence electrons. The zero-order chi connectivity index (χ0) is 20.6. The van der Waals surface area contributed by atoms with Crippen molar-refractivity contribution >= 4 is 16.6 Å². The molecule has 1 aliphatic heterocycles. The van der Waals surface area contributed by atoms with E-state index in [2.05, 4.69) is 23.8 Å². The molecule has 0 saturated carbocycles. The Hall–Kier alpha value is -2.67. The van der Waals surface area contributed by atoms with Gasteiger partial charge in [0.1, 0.15) is 5.52 Å². The minimum Gasteiger partial charge on any atom is -0.461 e. The summed E-state index contributed by atoms with van der Waals surface area (Å²) >= 11 is 0. The van der Waals surface area contributed by atoms with Crippen molar-refractivity contribution in [3.05, 3.63) is 48.2 Å². The molecule has 0 unspecified atom stereocenters. The molecular formula is C22H25F2N3O2. The topological polar surface area (TPSA) is 39.5 Å². The van der Waals surface area contributed by atoms with Crippen molar-refractivity contribution in [2.75, 3.05) is 31.9 Å². The molecule has 29 heavy (non-hydrogen) atoms. The van der Waals surface area contributed by atoms with Crippen LogP contribution >= 0.6 is 0 Å². The maximum Gasteiger partial charge on any atom is 0.196 e. The number of rotatable bonds is 7. The van der Waals surface area contributed by atoms with E-state index in [1.165, 1.54) is 36.9 Å². The average Bonchev–Trinajstić information content (AvgIpc) is 3.12. The van der Waals surface area contributed by atoms with Crippen LogP contribution in [0.25, 0.3) is 16.6 Å². The zero-order valence-corrected chi connectivity index (χ0v) is 16.9. The Kier molecular flexibility index (Phi) is 5.17. The minimum atomic E-state index is -0.794. The van der Waals surface area contributed by atoms with Crippen molar-refractivity contribution in [1.82, 2.24) is 9.78 Å². The standard InChI is InChI=1S/C22H25F2N3O2/c1-4-22(5-2)12-26(13-22)16-6-8-17(9-7-16)27-20-15(11-25-27)10-18(23)21(19(20)24)29-14-28-3/h6-11H,4-5,12-14H2,1-3H3. The highest BCUT2D eigenvalue weighted by atomic mass is 19.1. The van der Waals surface area contributed by atoms with E-state index in [-0.39, 0.29) is 12.3 Å². The molecule has 2 aromatic carbocycles. The lowest BCUT2D eigenvalue weighted by Gasteiger charge is -2.51. The summed E-state index contributed by atoms with van der Waals surface area (Å²) in [5.41, 5.74) is 2.43. The summed E-state index contributed by atoms with van der Waals surface area (Å²) in [6.07, 6.45) is 3.81. The molecule has 3 aromatic rings. The number of nitrogens with zero attached hydrogens (tertiary/aromatic N) is 3. The lowest BCUT2D eigenvalue weighted by molar-refractivity contribution is 0.0455. The smallest absolute Gasteiger partial charge is 0.196 e. The molecule has 2 heterocycles. The average molecular weight is 401 g/mol. The summed E-state index contributed by atoms with van der Waals surface area (Å²) in [5.74, 6) is -2.04. The van der Waals surface area contributed by atoms with Crippen LogP contribution in [0.15, 0.2) is 36.5 Å². The van der Waals surface area contributed by atoms with Crippen LogP contribution in [0.4, 0.5) is 14.5 Å². The molecule has 0 radical (unpaired) electrons. The first-order chi connectivity index (χ1) is 14.0. The fraction of sp³-hybridized carbons (Fsp3) is 0.409. The number of halogens is 2. The fourth-order valence-corrected chi connectivity index (χ4v) is 3.99. The van der Waals surface area contributed by atoms with E-state index in [4.69, 9.17) is 9.47 Å². The number of benzene rings is 2. The molecule has 1 saturated heterocycles. The Morgan fingerprint density at radius 2 is 1.72 bits per heavy atom. The lowest BCUT2D eigenvalue weighted by Crippen LogP contribution is -2.55. The number of anilines is 1. The van der Waals surface area contributed by atoms with E-state index >= 15 is 0 Å². The third kappa shape index (κ3) is 3.33. The van der Waals surface area contributed by atoms with E-state index in [0.29, 0.717) is 16.5 Å². The normalized spacial score (nSPS) is 15.6. The maximum atomic E-state index is 15.0. The van der Waals surface area contributed by atoms with Gasteiger partial charge in [-0.15, -0.1) is 0 Å². The van der Waals surface area contributed by atoms with Crippen molar-refractivity contribution in [1.29, 1.82) is 0 Å². The maximum absolute atomic E-state index is 15.0. The molecule has 5 nitrogen and oxygen atoms in total. The number of hydrogen-bond donors (Lipinski definition) is 0. The van der Waals surface area contributed by atoms with Crippen molar-refractivity contribution in [2.24, 2.45) is 5.41 Å². The van der Waals surface area contributed by atoms with Gasteiger partial charge in [0.15, 0.2) is 24.2 Å². The van der Waals surface area contributed by atoms with Crippen LogP contribution in [0, 0.1) is 17.0 Å². The second kappa shape index (κ2) is 7.63. The van der Waals surface area contributed by atoms with E-state index in [1.807, 2.05) is 24.3 Å². The van der Waals surface area contributed by atoms with Gasteiger partial charge in [0.25, 0.3) is 0 Å². The first kappa shape index (κ1) is 19.6. The van der Waals surface area contributed by atoms with Gasteiger partial charge in [0, 0.05) is 36.7 Å². The zero-order valence-electron chi connectivity index (χ0n) is 16.9. The van der Waals surface area contributed by atoms with Crippen LogP contribution in [0.3, 0.4) is 0 Å². The van der Waals surface area contributed by atoms with Gasteiger partial charge in [-0.05, 0) is 43.2 Å². The minimum absolute atomic E-state index is 0.171. The molecule has 0 spiro atoms. The Labute approximate surface area is 168 Å². The number of methoxy groups -OCH3 is 1. The highest BCUT2D eigenvalue weighted by Crippen LogP contribution is 2.40. The highest BCUT2D eigenvalue weighted by Gasteiger charge is 2.39. The van der Waals surface area contributed by atoms with E-state index in [1.54, 1.807) is 0 Å². The first-order valence-corrected chi connectivity index (χ1v) is 9.84. The molecule has 1 fully saturated rings. The Balaban J connectivity index is 1.63. The van der Waals surface area contributed by atoms with E-state index in [9.17, 15) is 8.78 Å². The van der Waals surface area contributed by atoms with Gasteiger partial charge < -0.3 is 14.4 Å². The fourth-order valence-electron chi connectivity index (χ4n) is 3.99. The number of aromatic nitrogens is 2. The van der Waals surface area contributed by atoms with Crippen molar-refractivity contribution < 1.29 is 18.3 Å². The first-order valence-electron chi connectivity index (χ1n) is 9.84. The molecule has 0 aliphatic carbocycles. The van der Waals surface area contributed by atoms with E-state index < -0.39 is 17.4 Å². The summed E-state index contributed by atoms with van der Waals surface area (Å²) in [6, 6.07) is 9.05. The summed E-state index contributed by atoms with van der Waals surface area (Å²) in [6.45, 7) is 6.36. The van der Waals surface area contributed by atoms with Gasteiger partial charge in [0.05, 0.1) is 11.9 Å². The monoisotopic (exact) mass is 401 g/mol. The van der Waals surface area contributed by atoms with Crippen molar-refractivity contribution in [3.63, 3.8) is 0 Å². The molecule has 0 amide bonds. The number of hydrogen-bond acceptors (Lipinski definition) is 4. The largest absolute Gasteiger partial charge is 0.461 e. The summed E-state index contributed by atoms with van der Waals surface area (Å²) in [4.78, 5) is 2.35. The van der Waals surface area contributed by atoms with Crippen LogP contribution in [0.1, 0.15) is 26.7 Å². The molecule has 0 atom stereocenters. The highest BCUT2D eigenvalue weighted by molar-refractivity contribution is 5.83. The van der Waals surface area contributed by atoms with E-state index in [0.717, 1.165) is 18.8 Å². The second-order valence-electron chi connectivity index (χ2n) is 7.63. The van der Waals surface area contributed by atoms with Crippen LogP contribution in [0.5, 0.6) is 5.75 Å². The van der Waals surface area contributed by atoms with Gasteiger partial charge in [-0.1, -0.05) is 13.8 Å². The third-order valence-electron chi connectivity index (χ3n) is 6.04. The van der Waals surface area contributed by atoms with Crippen LogP contribution in [-0.2, 0) is 4.74 Å².